The van der Waals surface area contributed by atoms with E-state index in [1.165, 1.54) is 38.2 Å². The smallest absolute Gasteiger partial charge is 0.306 e. The first-order chi connectivity index (χ1) is 13.1. The zero-order chi connectivity index (χ0) is 21.0. The first kappa shape index (κ1) is 24.6. The van der Waals surface area contributed by atoms with Gasteiger partial charge in [-0.15, -0.1) is 0 Å². The predicted octanol–water partition coefficient (Wildman–Crippen LogP) is 5.12. The number of sulfonamides is 1. The maximum atomic E-state index is 11.6. The van der Waals surface area contributed by atoms with E-state index in [0.29, 0.717) is 6.42 Å². The Morgan fingerprint density at radius 3 is 2.00 bits per heavy atom. The summed E-state index contributed by atoms with van der Waals surface area (Å²) < 4.78 is 28.0. The fourth-order valence-corrected chi connectivity index (χ4v) is 3.69. The van der Waals surface area contributed by atoms with Crippen molar-refractivity contribution in [1.29, 1.82) is 0 Å². The molecule has 6 heteroatoms. The van der Waals surface area contributed by atoms with Gasteiger partial charge in [-0.05, 0) is 57.7 Å². The van der Waals surface area contributed by atoms with Gasteiger partial charge in [0.2, 0.25) is 10.0 Å². The van der Waals surface area contributed by atoms with Crippen molar-refractivity contribution in [2.75, 3.05) is 0 Å². The van der Waals surface area contributed by atoms with Gasteiger partial charge in [0.25, 0.3) is 0 Å². The van der Waals surface area contributed by atoms with E-state index < -0.39 is 10.0 Å². The van der Waals surface area contributed by atoms with Gasteiger partial charge in [0.1, 0.15) is 5.60 Å². The highest BCUT2D eigenvalue weighted by Crippen LogP contribution is 2.15. The maximum absolute atomic E-state index is 11.6. The van der Waals surface area contributed by atoms with Gasteiger partial charge in [0.15, 0.2) is 0 Å². The van der Waals surface area contributed by atoms with Crippen LogP contribution in [0.4, 0.5) is 0 Å². The molecule has 5 nitrogen and oxygen atoms in total. The second-order valence-electron chi connectivity index (χ2n) is 8.46. The summed E-state index contributed by atoms with van der Waals surface area (Å²) in [4.78, 5) is 11.8. The Labute approximate surface area is 171 Å². The summed E-state index contributed by atoms with van der Waals surface area (Å²) in [6.07, 6.45) is 11.6. The minimum absolute atomic E-state index is 0.0953. The zero-order valence-electron chi connectivity index (χ0n) is 17.7. The van der Waals surface area contributed by atoms with E-state index >= 15 is 0 Å². The van der Waals surface area contributed by atoms with Crippen LogP contribution in [-0.4, -0.2) is 20.0 Å². The molecule has 0 spiro atoms. The highest BCUT2D eigenvalue weighted by molar-refractivity contribution is 7.89. The van der Waals surface area contributed by atoms with Gasteiger partial charge < -0.3 is 4.74 Å². The normalized spacial score (nSPS) is 12.1. The van der Waals surface area contributed by atoms with Crippen LogP contribution < -0.4 is 5.14 Å². The molecule has 28 heavy (non-hydrogen) atoms. The standard InChI is InChI=1S/C22H37NO4S/c1-22(2,3)27-21(24)17-12-10-8-6-4-5-7-9-11-14-19-15-13-16-20(18-19)28(23,25)26/h13,15-16,18H,4-12,14,17H2,1-3H3,(H2,23,25,26). The molecule has 0 unspecified atom stereocenters. The molecule has 0 aliphatic heterocycles. The summed E-state index contributed by atoms with van der Waals surface area (Å²) in [5.74, 6) is -0.0953. The lowest BCUT2D eigenvalue weighted by Gasteiger charge is -2.19. The number of carbonyl (C=O) groups excluding carboxylic acids is 1. The third kappa shape index (κ3) is 12.1. The largest absolute Gasteiger partial charge is 0.460 e. The molecule has 0 aliphatic carbocycles. The summed E-state index contributed by atoms with van der Waals surface area (Å²) in [7, 11) is -3.62. The highest BCUT2D eigenvalue weighted by atomic mass is 32.2. The predicted molar refractivity (Wildman–Crippen MR) is 114 cm³/mol. The molecule has 0 bridgehead atoms. The third-order valence-corrected chi connectivity index (χ3v) is 5.40. The number of nitrogens with two attached hydrogens (primary N) is 1. The second-order valence-corrected chi connectivity index (χ2v) is 10.0. The Hall–Kier alpha value is -1.40. The van der Waals surface area contributed by atoms with Gasteiger partial charge in [-0.25, -0.2) is 13.6 Å². The van der Waals surface area contributed by atoms with E-state index in [0.717, 1.165) is 37.7 Å². The van der Waals surface area contributed by atoms with Gasteiger partial charge in [0.05, 0.1) is 4.90 Å². The van der Waals surface area contributed by atoms with E-state index in [-0.39, 0.29) is 16.5 Å². The number of esters is 1. The average molecular weight is 412 g/mol. The fraction of sp³-hybridized carbons (Fsp3) is 0.682. The van der Waals surface area contributed by atoms with Crippen LogP contribution >= 0.6 is 0 Å². The first-order valence-corrected chi connectivity index (χ1v) is 12.0. The molecule has 0 radical (unpaired) electrons. The van der Waals surface area contributed by atoms with E-state index in [2.05, 4.69) is 0 Å². The molecule has 0 saturated carbocycles. The van der Waals surface area contributed by atoms with Gasteiger partial charge in [-0.2, -0.15) is 0 Å². The molecule has 0 atom stereocenters. The Bertz CT molecular complexity index is 693. The van der Waals surface area contributed by atoms with Crippen molar-refractivity contribution in [2.45, 2.75) is 102 Å². The SMILES string of the molecule is CC(C)(C)OC(=O)CCCCCCCCCCCc1cccc(S(N)(=O)=O)c1. The molecule has 0 fully saturated rings. The molecule has 0 heterocycles. The van der Waals surface area contributed by atoms with Crippen LogP contribution in [0.15, 0.2) is 29.2 Å². The quantitative estimate of drug-likeness (QED) is 0.360. The zero-order valence-corrected chi connectivity index (χ0v) is 18.5. The minimum Gasteiger partial charge on any atom is -0.460 e. The van der Waals surface area contributed by atoms with Crippen LogP contribution in [-0.2, 0) is 26.0 Å². The summed E-state index contributed by atoms with van der Waals surface area (Å²) in [5, 5.41) is 5.17. The van der Waals surface area contributed by atoms with Crippen molar-refractivity contribution in [3.63, 3.8) is 0 Å². The number of aryl methyl sites for hydroxylation is 1. The third-order valence-electron chi connectivity index (χ3n) is 4.49. The molecule has 0 saturated heterocycles. The van der Waals surface area contributed by atoms with Crippen LogP contribution in [0.3, 0.4) is 0 Å². The van der Waals surface area contributed by atoms with Crippen molar-refractivity contribution in [3.05, 3.63) is 29.8 Å². The maximum Gasteiger partial charge on any atom is 0.306 e. The lowest BCUT2D eigenvalue weighted by Crippen LogP contribution is -2.23. The van der Waals surface area contributed by atoms with Crippen LogP contribution in [0, 0.1) is 0 Å². The topological polar surface area (TPSA) is 86.5 Å². The number of rotatable bonds is 13. The monoisotopic (exact) mass is 411 g/mol. The average Bonchev–Trinajstić information content (AvgIpc) is 2.57. The van der Waals surface area contributed by atoms with Crippen molar-refractivity contribution in [3.8, 4) is 0 Å². The van der Waals surface area contributed by atoms with Gasteiger partial charge in [0, 0.05) is 6.42 Å². The summed E-state index contributed by atoms with van der Waals surface area (Å²) in [5.41, 5.74) is 0.638. The summed E-state index contributed by atoms with van der Waals surface area (Å²) in [6.45, 7) is 5.69. The van der Waals surface area contributed by atoms with E-state index in [1.807, 2.05) is 26.8 Å². The Balaban J connectivity index is 1.99. The van der Waals surface area contributed by atoms with Crippen molar-refractivity contribution in [1.82, 2.24) is 0 Å². The molecule has 1 rings (SSSR count). The highest BCUT2D eigenvalue weighted by Gasteiger charge is 2.15. The van der Waals surface area contributed by atoms with E-state index in [4.69, 9.17) is 9.88 Å². The number of primary sulfonamides is 1. The molecule has 1 aromatic carbocycles. The van der Waals surface area contributed by atoms with Gasteiger partial charge >= 0.3 is 5.97 Å². The fourth-order valence-electron chi connectivity index (χ4n) is 3.11. The number of carbonyl (C=O) groups is 1. The van der Waals surface area contributed by atoms with Crippen LogP contribution in [0.25, 0.3) is 0 Å². The minimum atomic E-state index is -3.62. The molecule has 160 valence electrons. The summed E-state index contributed by atoms with van der Waals surface area (Å²) >= 11 is 0. The molecule has 0 amide bonds. The Kier molecular flexibility index (Phi) is 10.8. The van der Waals surface area contributed by atoms with Crippen LogP contribution in [0.2, 0.25) is 0 Å². The molecular weight excluding hydrogens is 374 g/mol. The lowest BCUT2D eigenvalue weighted by atomic mass is 10.0. The number of ether oxygens (including phenoxy) is 1. The van der Waals surface area contributed by atoms with Gasteiger partial charge in [-0.1, -0.05) is 57.1 Å². The van der Waals surface area contributed by atoms with Crippen molar-refractivity contribution >= 4 is 16.0 Å². The number of benzene rings is 1. The second kappa shape index (κ2) is 12.2. The van der Waals surface area contributed by atoms with Crippen molar-refractivity contribution in [2.24, 2.45) is 5.14 Å². The first-order valence-electron chi connectivity index (χ1n) is 10.4. The molecule has 0 aliphatic rings. The number of unbranched alkanes of at least 4 members (excludes halogenated alkanes) is 8. The van der Waals surface area contributed by atoms with Crippen LogP contribution in [0.1, 0.15) is 90.5 Å². The van der Waals surface area contributed by atoms with Gasteiger partial charge in [-0.3, -0.25) is 4.79 Å². The Morgan fingerprint density at radius 1 is 0.929 bits per heavy atom. The number of hydrogen-bond donors (Lipinski definition) is 1. The lowest BCUT2D eigenvalue weighted by molar-refractivity contribution is -0.154. The molecular formula is C22H37NO4S. The van der Waals surface area contributed by atoms with Crippen LogP contribution in [0.5, 0.6) is 0 Å². The molecule has 2 N–H and O–H groups in total. The molecule has 0 aromatic heterocycles. The van der Waals surface area contributed by atoms with Crippen molar-refractivity contribution < 1.29 is 17.9 Å². The molecule has 1 aromatic rings. The van der Waals surface area contributed by atoms with E-state index in [1.54, 1.807) is 12.1 Å². The Morgan fingerprint density at radius 2 is 1.46 bits per heavy atom. The summed E-state index contributed by atoms with van der Waals surface area (Å²) in [6, 6.07) is 6.91. The number of hydrogen-bond acceptors (Lipinski definition) is 4. The van der Waals surface area contributed by atoms with E-state index in [9.17, 15) is 13.2 Å².